The lowest BCUT2D eigenvalue weighted by Gasteiger charge is -2.34. The van der Waals surface area contributed by atoms with Gasteiger partial charge in [0.15, 0.2) is 0 Å². The summed E-state index contributed by atoms with van der Waals surface area (Å²) in [6, 6.07) is 38.4. The first kappa shape index (κ1) is 26.8. The van der Waals surface area contributed by atoms with E-state index < -0.39 is 24.8 Å². The smallest absolute Gasteiger partial charge is 0.354 e. The molecular weight excluding hydrogens is 523 g/mol. The fourth-order valence-electron chi connectivity index (χ4n) is 4.88. The van der Waals surface area contributed by atoms with Crippen molar-refractivity contribution in [2.45, 2.75) is 5.66 Å². The monoisotopic (exact) mass is 550 g/mol. The Morgan fingerprint density at radius 1 is 0.725 bits per heavy atom. The molecule has 1 unspecified atom stereocenters. The third-order valence-electron chi connectivity index (χ3n) is 6.62. The molecule has 8 nitrogen and oxygen atoms in total. The van der Waals surface area contributed by atoms with Crippen molar-refractivity contribution in [3.8, 4) is 11.4 Å². The van der Waals surface area contributed by atoms with Gasteiger partial charge in [-0.05, 0) is 48.7 Å². The van der Waals surface area contributed by atoms with Crippen LogP contribution in [0.3, 0.4) is 0 Å². The van der Waals surface area contributed by atoms with Crippen molar-refractivity contribution in [1.82, 2.24) is 20.2 Å². The highest BCUT2D eigenvalue weighted by atomic mass is 31.2. The number of carbonyl (C=O) groups is 1. The van der Waals surface area contributed by atoms with Crippen LogP contribution in [0.1, 0.15) is 0 Å². The van der Waals surface area contributed by atoms with E-state index in [0.717, 1.165) is 20.7 Å². The molecule has 5 aromatic rings. The van der Waals surface area contributed by atoms with E-state index in [-0.39, 0.29) is 5.70 Å². The maximum Gasteiger partial charge on any atom is 0.354 e. The number of benzene rings is 4. The second-order valence-corrected chi connectivity index (χ2v) is 12.3. The van der Waals surface area contributed by atoms with E-state index in [0.29, 0.717) is 11.4 Å². The van der Waals surface area contributed by atoms with Crippen LogP contribution in [0, 0.1) is 0 Å². The van der Waals surface area contributed by atoms with E-state index in [1.807, 2.05) is 121 Å². The lowest BCUT2D eigenvalue weighted by Crippen LogP contribution is -2.45. The number of esters is 1. The number of aromatic nitrogens is 4. The van der Waals surface area contributed by atoms with Gasteiger partial charge in [-0.15, -0.1) is 15.0 Å². The predicted molar refractivity (Wildman–Crippen MR) is 154 cm³/mol. The minimum Gasteiger partial charge on any atom is -0.615 e. The standard InChI is InChI=1S/C31H27N4O4P/c1-38-30(36)27(35-33-29(32-34-35)23-15-7-3-8-16-23)28(31(37)39-2)40(24-17-9-4-10-18-24,25-19-11-5-12-20-25)26-21-13-6-14-22-26/h3-22,28H,1-2H3/b30-27-. The molecule has 5 rings (SSSR count). The Labute approximate surface area is 232 Å². The van der Waals surface area contributed by atoms with Crippen LogP contribution < -0.4 is 21.0 Å². The maximum absolute atomic E-state index is 14.1. The number of rotatable bonds is 9. The van der Waals surface area contributed by atoms with E-state index in [1.165, 1.54) is 14.2 Å². The summed E-state index contributed by atoms with van der Waals surface area (Å²) in [5, 5.41) is 29.3. The summed E-state index contributed by atoms with van der Waals surface area (Å²) >= 11 is 0. The number of nitrogens with zero attached hydrogens (tertiary/aromatic N) is 4. The minimum atomic E-state index is -3.03. The highest BCUT2D eigenvalue weighted by Gasteiger charge is 2.59. The van der Waals surface area contributed by atoms with Gasteiger partial charge in [0.25, 0.3) is 0 Å². The van der Waals surface area contributed by atoms with Crippen molar-refractivity contribution in [3.63, 3.8) is 0 Å². The van der Waals surface area contributed by atoms with Crippen LogP contribution in [0.15, 0.2) is 127 Å². The van der Waals surface area contributed by atoms with Gasteiger partial charge in [-0.25, -0.2) is 4.79 Å². The molecule has 1 aromatic heterocycles. The van der Waals surface area contributed by atoms with Gasteiger partial charge < -0.3 is 14.6 Å². The molecule has 0 aliphatic carbocycles. The van der Waals surface area contributed by atoms with E-state index in [9.17, 15) is 9.90 Å². The van der Waals surface area contributed by atoms with Crippen molar-refractivity contribution in [1.29, 1.82) is 0 Å². The SMILES string of the molecule is COC(=O)C(/C(=C(\[O-])OC)n1nnc(-c2ccccc2)n1)[P+](c1ccccc1)(c1ccccc1)c1ccccc1. The molecule has 0 aliphatic heterocycles. The molecule has 0 spiro atoms. The van der Waals surface area contributed by atoms with Gasteiger partial charge in [-0.2, -0.15) is 0 Å². The topological polar surface area (TPSA) is 102 Å². The third-order valence-corrected chi connectivity index (χ3v) is 11.2. The summed E-state index contributed by atoms with van der Waals surface area (Å²) in [4.78, 5) is 15.2. The number of ether oxygens (including phenoxy) is 2. The average molecular weight is 551 g/mol. The van der Waals surface area contributed by atoms with E-state index >= 15 is 0 Å². The molecule has 0 aliphatic rings. The van der Waals surface area contributed by atoms with E-state index in [1.54, 1.807) is 0 Å². The summed E-state index contributed by atoms with van der Waals surface area (Å²) in [6.07, 6.45) is 0. The zero-order chi connectivity index (χ0) is 28.0. The molecule has 0 N–H and O–H groups in total. The zero-order valence-electron chi connectivity index (χ0n) is 22.0. The van der Waals surface area contributed by atoms with Gasteiger partial charge in [0.1, 0.15) is 28.9 Å². The quantitative estimate of drug-likeness (QED) is 0.158. The minimum absolute atomic E-state index is 0.0890. The summed E-state index contributed by atoms with van der Waals surface area (Å²) in [5.74, 6) is -1.09. The van der Waals surface area contributed by atoms with Crippen LogP contribution >= 0.6 is 7.26 Å². The normalized spacial score (nSPS) is 12.8. The van der Waals surface area contributed by atoms with Crippen LogP contribution in [0.4, 0.5) is 0 Å². The molecule has 200 valence electrons. The summed E-state index contributed by atoms with van der Waals surface area (Å²) in [6.45, 7) is 0. The third kappa shape index (κ3) is 4.85. The lowest BCUT2D eigenvalue weighted by atomic mass is 10.2. The Bertz CT molecular complexity index is 1500. The van der Waals surface area contributed by atoms with Gasteiger partial charge in [0.05, 0.1) is 13.1 Å². The molecular formula is C31H27N4O4P. The van der Waals surface area contributed by atoms with Crippen molar-refractivity contribution < 1.29 is 19.4 Å². The van der Waals surface area contributed by atoms with Crippen molar-refractivity contribution in [2.75, 3.05) is 14.2 Å². The highest BCUT2D eigenvalue weighted by molar-refractivity contribution is 7.97. The molecule has 0 saturated heterocycles. The van der Waals surface area contributed by atoms with Crippen molar-refractivity contribution in [2.24, 2.45) is 0 Å². The average Bonchev–Trinajstić information content (AvgIpc) is 3.52. The Morgan fingerprint density at radius 2 is 1.18 bits per heavy atom. The first-order chi connectivity index (χ1) is 19.6. The molecule has 1 heterocycles. The number of hydrogen-bond acceptors (Lipinski definition) is 7. The first-order valence-electron chi connectivity index (χ1n) is 12.6. The van der Waals surface area contributed by atoms with Crippen LogP contribution in [-0.2, 0) is 14.3 Å². The molecule has 0 saturated carbocycles. The van der Waals surface area contributed by atoms with E-state index in [4.69, 9.17) is 9.47 Å². The van der Waals surface area contributed by atoms with Gasteiger partial charge in [-0.1, -0.05) is 84.9 Å². The first-order valence-corrected chi connectivity index (χ1v) is 14.4. The van der Waals surface area contributed by atoms with Gasteiger partial charge in [0, 0.05) is 5.56 Å². The van der Waals surface area contributed by atoms with Crippen LogP contribution in [-0.4, -0.2) is 46.1 Å². The number of hydrogen-bond donors (Lipinski definition) is 0. The lowest BCUT2D eigenvalue weighted by molar-refractivity contribution is -0.352. The Balaban J connectivity index is 1.87. The Hall–Kier alpha value is -4.81. The molecule has 1 atom stereocenters. The summed E-state index contributed by atoms with van der Waals surface area (Å²) < 4.78 is 10.7. The molecule has 0 fully saturated rings. The highest BCUT2D eigenvalue weighted by Crippen LogP contribution is 2.62. The Kier molecular flexibility index (Phi) is 7.99. The van der Waals surface area contributed by atoms with Crippen LogP contribution in [0.5, 0.6) is 0 Å². The molecule has 40 heavy (non-hydrogen) atoms. The molecule has 4 aromatic carbocycles. The molecule has 9 heteroatoms. The number of methoxy groups -OCH3 is 2. The van der Waals surface area contributed by atoms with Crippen LogP contribution in [0.2, 0.25) is 0 Å². The fraction of sp³-hybridized carbons (Fsp3) is 0.0968. The van der Waals surface area contributed by atoms with E-state index in [2.05, 4.69) is 15.4 Å². The Morgan fingerprint density at radius 3 is 1.60 bits per heavy atom. The molecule has 0 amide bonds. The van der Waals surface area contributed by atoms with Gasteiger partial charge in [-0.3, -0.25) is 0 Å². The number of carbonyl (C=O) groups excluding carboxylic acids is 1. The summed E-state index contributed by atoms with van der Waals surface area (Å²) in [7, 11) is -0.456. The van der Waals surface area contributed by atoms with Gasteiger partial charge in [0.2, 0.25) is 11.5 Å². The predicted octanol–water partition coefficient (Wildman–Crippen LogP) is 3.01. The van der Waals surface area contributed by atoms with Crippen LogP contribution in [0.25, 0.3) is 17.1 Å². The second-order valence-electron chi connectivity index (χ2n) is 8.80. The summed E-state index contributed by atoms with van der Waals surface area (Å²) in [5.41, 5.74) is -0.549. The molecule has 0 bridgehead atoms. The zero-order valence-corrected chi connectivity index (χ0v) is 22.9. The van der Waals surface area contributed by atoms with Crippen molar-refractivity contribution in [3.05, 3.63) is 127 Å². The van der Waals surface area contributed by atoms with Crippen molar-refractivity contribution >= 4 is 34.8 Å². The maximum atomic E-state index is 14.1. The fourth-order valence-corrected chi connectivity index (χ4v) is 9.59. The van der Waals surface area contributed by atoms with Gasteiger partial charge >= 0.3 is 5.97 Å². The largest absolute Gasteiger partial charge is 0.615 e. The molecule has 0 radical (unpaired) electrons. The second kappa shape index (κ2) is 11.9. The number of tetrazole rings is 1.